The largest absolute Gasteiger partial charge is 0.489 e. The van der Waals surface area contributed by atoms with Crippen LogP contribution in [-0.2, 0) is 22.9 Å². The first-order valence-corrected chi connectivity index (χ1v) is 11.0. The molecule has 0 amide bonds. The Morgan fingerprint density at radius 1 is 1.15 bits per heavy atom. The van der Waals surface area contributed by atoms with E-state index in [1.54, 1.807) is 18.5 Å². The van der Waals surface area contributed by atoms with Crippen LogP contribution in [-0.4, -0.2) is 39.8 Å². The van der Waals surface area contributed by atoms with Crippen LogP contribution >= 0.6 is 0 Å². The highest BCUT2D eigenvalue weighted by molar-refractivity contribution is 5.51. The standard InChI is InChI=1S/C25H31F3N2O3/c1-23(2,3)22-14-19(30(29-22)15-20-7-6-12-32-20)10-8-17-13-18(25(26,27)28)9-11-21(17)33-16-24(4,5)31/h9,11,13-14,20,31H,6-7,12,15-16H2,1-5H3/t20-/m1/s1. The van der Waals surface area contributed by atoms with Gasteiger partial charge < -0.3 is 14.6 Å². The minimum atomic E-state index is -4.51. The van der Waals surface area contributed by atoms with Crippen molar-refractivity contribution in [2.75, 3.05) is 13.2 Å². The van der Waals surface area contributed by atoms with Gasteiger partial charge in [-0.25, -0.2) is 0 Å². The van der Waals surface area contributed by atoms with E-state index in [1.165, 1.54) is 6.07 Å². The van der Waals surface area contributed by atoms with E-state index in [0.717, 1.165) is 30.7 Å². The van der Waals surface area contributed by atoms with Crippen molar-refractivity contribution < 1.29 is 27.8 Å². The predicted molar refractivity (Wildman–Crippen MR) is 119 cm³/mol. The van der Waals surface area contributed by atoms with Gasteiger partial charge in [-0.1, -0.05) is 26.7 Å². The Balaban J connectivity index is 2.00. The molecule has 180 valence electrons. The Morgan fingerprint density at radius 2 is 1.88 bits per heavy atom. The van der Waals surface area contributed by atoms with Gasteiger partial charge in [0.05, 0.1) is 35.1 Å². The number of hydrogen-bond acceptors (Lipinski definition) is 4. The number of hydrogen-bond donors (Lipinski definition) is 1. The smallest absolute Gasteiger partial charge is 0.416 e. The quantitative estimate of drug-likeness (QED) is 0.638. The van der Waals surface area contributed by atoms with E-state index in [1.807, 2.05) is 26.8 Å². The van der Waals surface area contributed by atoms with Gasteiger partial charge in [-0.05, 0) is 56.9 Å². The summed E-state index contributed by atoms with van der Waals surface area (Å²) in [6.07, 6.45) is -2.55. The topological polar surface area (TPSA) is 56.5 Å². The van der Waals surface area contributed by atoms with Crippen LogP contribution in [0.2, 0.25) is 0 Å². The fourth-order valence-electron chi connectivity index (χ4n) is 3.32. The zero-order valence-electron chi connectivity index (χ0n) is 19.7. The first-order valence-electron chi connectivity index (χ1n) is 11.0. The molecule has 8 heteroatoms. The van der Waals surface area contributed by atoms with Gasteiger partial charge in [0.1, 0.15) is 18.1 Å². The van der Waals surface area contributed by atoms with Crippen molar-refractivity contribution in [1.82, 2.24) is 9.78 Å². The van der Waals surface area contributed by atoms with E-state index >= 15 is 0 Å². The Kier molecular flexibility index (Phi) is 7.15. The molecule has 3 rings (SSSR count). The third-order valence-corrected chi connectivity index (χ3v) is 5.16. The third kappa shape index (κ3) is 6.99. The minimum absolute atomic E-state index is 0.0394. The van der Waals surface area contributed by atoms with Crippen LogP contribution in [0.4, 0.5) is 13.2 Å². The third-order valence-electron chi connectivity index (χ3n) is 5.16. The summed E-state index contributed by atoms with van der Waals surface area (Å²) in [6.45, 7) is 10.4. The lowest BCUT2D eigenvalue weighted by molar-refractivity contribution is -0.137. The highest BCUT2D eigenvalue weighted by atomic mass is 19.4. The summed E-state index contributed by atoms with van der Waals surface area (Å²) in [6, 6.07) is 5.03. The van der Waals surface area contributed by atoms with Gasteiger partial charge in [-0.2, -0.15) is 18.3 Å². The Hall–Kier alpha value is -2.50. The molecule has 1 N–H and O–H groups in total. The molecule has 1 aromatic heterocycles. The predicted octanol–water partition coefficient (Wildman–Crippen LogP) is 4.93. The highest BCUT2D eigenvalue weighted by Gasteiger charge is 2.31. The average molecular weight is 465 g/mol. The summed E-state index contributed by atoms with van der Waals surface area (Å²) >= 11 is 0. The van der Waals surface area contributed by atoms with Crippen LogP contribution in [0.5, 0.6) is 5.75 Å². The van der Waals surface area contributed by atoms with E-state index in [2.05, 4.69) is 11.8 Å². The first kappa shape index (κ1) is 25.1. The van der Waals surface area contributed by atoms with Gasteiger partial charge in [0.2, 0.25) is 0 Å². The zero-order chi connectivity index (χ0) is 24.4. The molecule has 2 heterocycles. The lowest BCUT2D eigenvalue weighted by Gasteiger charge is -2.19. The van der Waals surface area contributed by atoms with E-state index in [9.17, 15) is 18.3 Å². The van der Waals surface area contributed by atoms with Crippen LogP contribution < -0.4 is 4.74 Å². The van der Waals surface area contributed by atoms with Crippen molar-refractivity contribution >= 4 is 0 Å². The van der Waals surface area contributed by atoms with Crippen molar-refractivity contribution in [3.63, 3.8) is 0 Å². The molecule has 1 saturated heterocycles. The molecule has 0 spiro atoms. The molecule has 0 bridgehead atoms. The summed E-state index contributed by atoms with van der Waals surface area (Å²) in [7, 11) is 0. The number of aromatic nitrogens is 2. The molecule has 0 radical (unpaired) electrons. The number of rotatable bonds is 5. The maximum absolute atomic E-state index is 13.3. The van der Waals surface area contributed by atoms with Crippen LogP contribution in [0, 0.1) is 11.8 Å². The van der Waals surface area contributed by atoms with Crippen molar-refractivity contribution in [2.45, 2.75) is 77.3 Å². The molecule has 0 saturated carbocycles. The van der Waals surface area contributed by atoms with Crippen LogP contribution in [0.1, 0.15) is 70.0 Å². The molecule has 2 aromatic rings. The van der Waals surface area contributed by atoms with Gasteiger partial charge in [0.15, 0.2) is 0 Å². The summed E-state index contributed by atoms with van der Waals surface area (Å²) in [5, 5.41) is 14.6. The fraction of sp³-hybridized carbons (Fsp3) is 0.560. The number of alkyl halides is 3. The summed E-state index contributed by atoms with van der Waals surface area (Å²) in [4.78, 5) is 0. The van der Waals surface area contributed by atoms with Gasteiger partial charge >= 0.3 is 6.18 Å². The van der Waals surface area contributed by atoms with E-state index in [0.29, 0.717) is 18.8 Å². The lowest BCUT2D eigenvalue weighted by atomic mass is 9.92. The lowest BCUT2D eigenvalue weighted by Crippen LogP contribution is -2.28. The van der Waals surface area contributed by atoms with E-state index in [-0.39, 0.29) is 29.4 Å². The molecule has 1 fully saturated rings. The summed E-state index contributed by atoms with van der Waals surface area (Å²) < 4.78 is 53.0. The van der Waals surface area contributed by atoms with Gasteiger partial charge in [0.25, 0.3) is 0 Å². The Labute approximate surface area is 192 Å². The van der Waals surface area contributed by atoms with E-state index < -0.39 is 17.3 Å². The molecule has 0 aliphatic carbocycles. The fourth-order valence-corrected chi connectivity index (χ4v) is 3.32. The number of benzene rings is 1. The highest BCUT2D eigenvalue weighted by Crippen LogP contribution is 2.33. The molecule has 1 aliphatic heterocycles. The van der Waals surface area contributed by atoms with Crippen molar-refractivity contribution in [2.24, 2.45) is 0 Å². The number of halogens is 3. The molecule has 0 unspecified atom stereocenters. The maximum atomic E-state index is 13.3. The molecule has 1 atom stereocenters. The Morgan fingerprint density at radius 3 is 2.45 bits per heavy atom. The Bertz CT molecular complexity index is 1030. The molecule has 1 aliphatic rings. The molecular weight excluding hydrogens is 433 g/mol. The number of ether oxygens (including phenoxy) is 2. The van der Waals surface area contributed by atoms with Gasteiger partial charge in [-0.15, -0.1) is 0 Å². The minimum Gasteiger partial charge on any atom is -0.489 e. The first-order chi connectivity index (χ1) is 15.2. The maximum Gasteiger partial charge on any atom is 0.416 e. The van der Waals surface area contributed by atoms with Gasteiger partial charge in [-0.3, -0.25) is 4.68 Å². The number of aliphatic hydroxyl groups is 1. The number of nitrogens with zero attached hydrogens (tertiary/aromatic N) is 2. The molecular formula is C25H31F3N2O3. The second kappa shape index (κ2) is 9.40. The summed E-state index contributed by atoms with van der Waals surface area (Å²) in [5.74, 6) is 6.03. The van der Waals surface area contributed by atoms with Crippen LogP contribution in [0.25, 0.3) is 0 Å². The van der Waals surface area contributed by atoms with Gasteiger partial charge in [0, 0.05) is 12.0 Å². The van der Waals surface area contributed by atoms with Crippen molar-refractivity contribution in [1.29, 1.82) is 0 Å². The zero-order valence-corrected chi connectivity index (χ0v) is 19.7. The normalized spacial score (nSPS) is 17.1. The average Bonchev–Trinajstić information content (AvgIpc) is 3.33. The monoisotopic (exact) mass is 464 g/mol. The van der Waals surface area contributed by atoms with Crippen LogP contribution in [0.15, 0.2) is 24.3 Å². The second-order valence-electron chi connectivity index (χ2n) is 10.0. The molecule has 33 heavy (non-hydrogen) atoms. The van der Waals surface area contributed by atoms with Crippen molar-refractivity contribution in [3.8, 4) is 17.6 Å². The SMILES string of the molecule is CC(C)(O)COc1ccc(C(F)(F)F)cc1C#Cc1cc(C(C)(C)C)nn1C[C@H]1CCCO1. The summed E-state index contributed by atoms with van der Waals surface area (Å²) in [5.41, 5.74) is -0.639. The van der Waals surface area contributed by atoms with Crippen LogP contribution in [0.3, 0.4) is 0 Å². The molecule has 5 nitrogen and oxygen atoms in total. The molecule has 1 aromatic carbocycles. The van der Waals surface area contributed by atoms with E-state index in [4.69, 9.17) is 14.6 Å². The second-order valence-corrected chi connectivity index (χ2v) is 10.0. The van der Waals surface area contributed by atoms with Crippen molar-refractivity contribution in [3.05, 3.63) is 46.8 Å².